The Balaban J connectivity index is 1.75. The highest BCUT2D eigenvalue weighted by Crippen LogP contribution is 2.36. The highest BCUT2D eigenvalue weighted by atomic mass is 16.5. The number of hydrogen-bond donors (Lipinski definition) is 1. The fraction of sp³-hybridized carbons (Fsp3) is 0.250. The summed E-state index contributed by atoms with van der Waals surface area (Å²) in [5, 5.41) is 25.2. The lowest BCUT2D eigenvalue weighted by Gasteiger charge is -2.31. The number of hydrogen-bond acceptors (Lipinski definition) is 6. The van der Waals surface area contributed by atoms with E-state index in [9.17, 15) is 9.90 Å². The molecule has 1 N–H and O–H groups in total. The molecule has 138 valence electrons. The summed E-state index contributed by atoms with van der Waals surface area (Å²) in [6.45, 7) is 1.46. The first kappa shape index (κ1) is 18.4. The van der Waals surface area contributed by atoms with Gasteiger partial charge in [-0.25, -0.2) is 0 Å². The molecule has 0 spiro atoms. The fourth-order valence-corrected chi connectivity index (χ4v) is 2.90. The first-order chi connectivity index (χ1) is 13.0. The molecule has 2 aromatic carbocycles. The first-order valence-electron chi connectivity index (χ1n) is 8.33. The van der Waals surface area contributed by atoms with E-state index in [-0.39, 0.29) is 13.0 Å². The van der Waals surface area contributed by atoms with Crippen LogP contribution in [0.2, 0.25) is 0 Å². The number of hydrazone groups is 1. The van der Waals surface area contributed by atoms with Crippen molar-refractivity contribution in [3.63, 3.8) is 0 Å². The Kier molecular flexibility index (Phi) is 5.10. The van der Waals surface area contributed by atoms with Gasteiger partial charge in [-0.1, -0.05) is 12.1 Å². The normalized spacial score (nSPS) is 18.6. The summed E-state index contributed by atoms with van der Waals surface area (Å²) in [6, 6.07) is 15.3. The molecule has 0 unspecified atom stereocenters. The van der Waals surface area contributed by atoms with Gasteiger partial charge in [-0.3, -0.25) is 4.79 Å². The van der Waals surface area contributed by atoms with Gasteiger partial charge in [0.2, 0.25) is 0 Å². The largest absolute Gasteiger partial charge is 0.497 e. The van der Waals surface area contributed by atoms with Crippen molar-refractivity contribution in [2.24, 2.45) is 5.10 Å². The van der Waals surface area contributed by atoms with Crippen molar-refractivity contribution in [1.29, 1.82) is 5.26 Å². The first-order valence-corrected chi connectivity index (χ1v) is 8.33. The lowest BCUT2D eigenvalue weighted by molar-refractivity contribution is -0.159. The molecule has 27 heavy (non-hydrogen) atoms. The summed E-state index contributed by atoms with van der Waals surface area (Å²) in [6.07, 6.45) is 0.210. The van der Waals surface area contributed by atoms with Gasteiger partial charge in [0.05, 0.1) is 18.7 Å². The van der Waals surface area contributed by atoms with Crippen molar-refractivity contribution in [2.75, 3.05) is 13.7 Å². The van der Waals surface area contributed by atoms with Crippen LogP contribution in [0.3, 0.4) is 0 Å². The molecule has 1 amide bonds. The van der Waals surface area contributed by atoms with Crippen LogP contribution in [0.25, 0.3) is 0 Å². The van der Waals surface area contributed by atoms with Gasteiger partial charge in [-0.15, -0.1) is 0 Å². The zero-order valence-electron chi connectivity index (χ0n) is 15.0. The van der Waals surface area contributed by atoms with Gasteiger partial charge in [-0.05, 0) is 43.3 Å². The highest BCUT2D eigenvalue weighted by molar-refractivity contribution is 5.89. The average Bonchev–Trinajstić information content (AvgIpc) is 3.02. The predicted octanol–water partition coefficient (Wildman–Crippen LogP) is 2.40. The van der Waals surface area contributed by atoms with Gasteiger partial charge >= 0.3 is 0 Å². The second-order valence-corrected chi connectivity index (χ2v) is 6.19. The Hall–Kier alpha value is -3.37. The Bertz CT molecular complexity index is 900. The molecule has 1 aliphatic rings. The maximum Gasteiger partial charge on any atom is 0.283 e. The van der Waals surface area contributed by atoms with Gasteiger partial charge in [0.25, 0.3) is 5.91 Å². The van der Waals surface area contributed by atoms with Crippen LogP contribution in [0, 0.1) is 11.3 Å². The lowest BCUT2D eigenvalue weighted by atomic mass is 9.97. The molecule has 3 rings (SSSR count). The number of nitriles is 1. The number of nitrogens with zero attached hydrogens (tertiary/aromatic N) is 3. The molecule has 0 aliphatic carbocycles. The molecule has 0 fully saturated rings. The van der Waals surface area contributed by atoms with E-state index in [0.29, 0.717) is 28.3 Å². The summed E-state index contributed by atoms with van der Waals surface area (Å²) in [5.41, 5.74) is 0.111. The lowest BCUT2D eigenvalue weighted by Crippen LogP contribution is -2.45. The van der Waals surface area contributed by atoms with E-state index in [4.69, 9.17) is 14.7 Å². The zero-order chi connectivity index (χ0) is 19.4. The average molecular weight is 365 g/mol. The molecule has 0 aromatic heterocycles. The number of amides is 1. The summed E-state index contributed by atoms with van der Waals surface area (Å²) in [7, 11) is 1.56. The monoisotopic (exact) mass is 365 g/mol. The fourth-order valence-electron chi connectivity index (χ4n) is 2.90. The number of carbonyl (C=O) groups excluding carboxylic acids is 1. The highest BCUT2D eigenvalue weighted by Gasteiger charge is 2.44. The molecule has 7 nitrogen and oxygen atoms in total. The zero-order valence-corrected chi connectivity index (χ0v) is 15.0. The van der Waals surface area contributed by atoms with Crippen LogP contribution >= 0.6 is 0 Å². The van der Waals surface area contributed by atoms with E-state index >= 15 is 0 Å². The van der Waals surface area contributed by atoms with E-state index in [1.807, 2.05) is 6.07 Å². The van der Waals surface area contributed by atoms with Crippen LogP contribution in [0.1, 0.15) is 24.5 Å². The summed E-state index contributed by atoms with van der Waals surface area (Å²) in [4.78, 5) is 12.7. The predicted molar refractivity (Wildman–Crippen MR) is 98.1 cm³/mol. The SMILES string of the molecule is COc1ccc([C@@]2(O)CC(C)=NN2C(=O)COc2ccc(C#N)cc2)cc1. The summed E-state index contributed by atoms with van der Waals surface area (Å²) in [5.74, 6) is 0.629. The molecule has 1 heterocycles. The minimum atomic E-state index is -1.57. The second kappa shape index (κ2) is 7.48. The van der Waals surface area contributed by atoms with Crippen molar-refractivity contribution in [2.45, 2.75) is 19.1 Å². The van der Waals surface area contributed by atoms with E-state index in [0.717, 1.165) is 5.01 Å². The quantitative estimate of drug-likeness (QED) is 0.878. The third kappa shape index (κ3) is 3.76. The minimum Gasteiger partial charge on any atom is -0.497 e. The topological polar surface area (TPSA) is 95.2 Å². The van der Waals surface area contributed by atoms with Crippen LogP contribution in [-0.4, -0.2) is 35.5 Å². The van der Waals surface area contributed by atoms with E-state index < -0.39 is 11.6 Å². The molecule has 0 saturated carbocycles. The van der Waals surface area contributed by atoms with Gasteiger partial charge in [0.1, 0.15) is 11.5 Å². The molecular formula is C20H19N3O4. The molecular weight excluding hydrogens is 346 g/mol. The number of aliphatic hydroxyl groups is 1. The minimum absolute atomic E-state index is 0.210. The summed E-state index contributed by atoms with van der Waals surface area (Å²) < 4.78 is 10.6. The molecule has 7 heteroatoms. The van der Waals surface area contributed by atoms with Crippen LogP contribution in [0.5, 0.6) is 11.5 Å². The molecule has 2 aromatic rings. The van der Waals surface area contributed by atoms with Gasteiger partial charge in [0.15, 0.2) is 12.3 Å². The van der Waals surface area contributed by atoms with Gasteiger partial charge in [-0.2, -0.15) is 15.4 Å². The van der Waals surface area contributed by atoms with E-state index in [2.05, 4.69) is 5.10 Å². The smallest absolute Gasteiger partial charge is 0.283 e. The number of ether oxygens (including phenoxy) is 2. The second-order valence-electron chi connectivity index (χ2n) is 6.19. The molecule has 1 aliphatic heterocycles. The van der Waals surface area contributed by atoms with Crippen molar-refractivity contribution >= 4 is 11.6 Å². The Labute approximate surface area is 157 Å². The maximum absolute atomic E-state index is 12.7. The van der Waals surface area contributed by atoms with E-state index in [1.54, 1.807) is 62.6 Å². The van der Waals surface area contributed by atoms with Crippen molar-refractivity contribution in [3.05, 3.63) is 59.7 Å². The number of benzene rings is 2. The maximum atomic E-state index is 12.7. The third-order valence-electron chi connectivity index (χ3n) is 4.26. The molecule has 1 atom stereocenters. The molecule has 0 radical (unpaired) electrons. The van der Waals surface area contributed by atoms with Crippen LogP contribution < -0.4 is 9.47 Å². The van der Waals surface area contributed by atoms with E-state index in [1.165, 1.54) is 0 Å². The molecule has 0 bridgehead atoms. The number of carbonyl (C=O) groups is 1. The van der Waals surface area contributed by atoms with Gasteiger partial charge in [0, 0.05) is 17.7 Å². The summed E-state index contributed by atoms with van der Waals surface area (Å²) >= 11 is 0. The van der Waals surface area contributed by atoms with Crippen LogP contribution in [-0.2, 0) is 10.5 Å². The van der Waals surface area contributed by atoms with Crippen molar-refractivity contribution in [3.8, 4) is 17.6 Å². The number of rotatable bonds is 5. The van der Waals surface area contributed by atoms with Crippen LogP contribution in [0.15, 0.2) is 53.6 Å². The van der Waals surface area contributed by atoms with Gasteiger partial charge < -0.3 is 14.6 Å². The van der Waals surface area contributed by atoms with Crippen LogP contribution in [0.4, 0.5) is 0 Å². The third-order valence-corrected chi connectivity index (χ3v) is 4.26. The Morgan fingerprint density at radius 2 is 1.85 bits per heavy atom. The van der Waals surface area contributed by atoms with Crippen molar-refractivity contribution < 1.29 is 19.4 Å². The standard InChI is InChI=1S/C20H19N3O4/c1-14-11-20(25,16-5-9-17(26-2)10-6-16)23(22-14)19(24)13-27-18-7-3-15(12-21)4-8-18/h3-10,25H,11,13H2,1-2H3/t20-/m0/s1. The Morgan fingerprint density at radius 1 is 1.22 bits per heavy atom. The Morgan fingerprint density at radius 3 is 2.44 bits per heavy atom. The van der Waals surface area contributed by atoms with Crippen molar-refractivity contribution in [1.82, 2.24) is 5.01 Å². The molecule has 0 saturated heterocycles. The number of methoxy groups -OCH3 is 1.